The zero-order valence-electron chi connectivity index (χ0n) is 39.3. The van der Waals surface area contributed by atoms with Gasteiger partial charge < -0.3 is 4.74 Å². The smallest absolute Gasteiger partial charge is 0.273 e. The molecule has 0 spiro atoms. The molecule has 6 heteroatoms. The van der Waals surface area contributed by atoms with Gasteiger partial charge in [0, 0.05) is 28.5 Å². The van der Waals surface area contributed by atoms with E-state index in [2.05, 4.69) is 222 Å². The summed E-state index contributed by atoms with van der Waals surface area (Å²) in [6.45, 7) is 31.6. The van der Waals surface area contributed by atoms with Crippen LogP contribution in [0.1, 0.15) is 131 Å². The van der Waals surface area contributed by atoms with E-state index in [-0.39, 0.29) is 21.7 Å². The maximum atomic E-state index is 6.81. The summed E-state index contributed by atoms with van der Waals surface area (Å²) in [4.78, 5) is 4.94. The zero-order chi connectivity index (χ0) is 44.6. The maximum absolute atomic E-state index is 6.81. The molecule has 0 saturated carbocycles. The van der Waals surface area contributed by atoms with E-state index in [1.54, 1.807) is 0 Å². The Hall–Kier alpha value is -6.01. The molecule has 62 heavy (non-hydrogen) atoms. The molecule has 0 saturated heterocycles. The lowest BCUT2D eigenvalue weighted by Gasteiger charge is -2.26. The van der Waals surface area contributed by atoms with Crippen LogP contribution in [-0.2, 0) is 27.1 Å². The fraction of sp³-hybridized carbons (Fsp3) is 0.339. The zero-order valence-corrected chi connectivity index (χ0v) is 39.3. The number of pyridine rings is 1. The van der Waals surface area contributed by atoms with Gasteiger partial charge in [-0.15, -0.1) is 5.10 Å². The molecule has 0 aliphatic rings. The number of benzene rings is 5. The highest BCUT2D eigenvalue weighted by atomic mass is 16.5. The topological polar surface area (TPSA) is 48.8 Å². The minimum atomic E-state index is -0.460. The Balaban J connectivity index is 1.26. The van der Waals surface area contributed by atoms with Crippen molar-refractivity contribution in [2.45, 2.75) is 124 Å². The number of hydrogen-bond donors (Lipinski definition) is 0. The van der Waals surface area contributed by atoms with E-state index >= 15 is 0 Å². The van der Waals surface area contributed by atoms with Crippen LogP contribution in [0.2, 0.25) is 0 Å². The SMILES string of the molecule is CC(C)(C)c1cc(-[n+]2[c-]n(-c3cccc(Oc4ccc5c6cc(C(C)(C)C)ccc6n(-c6cc(C(C)(C)C)ccn6)c5c4)c3)c(C(C)(C)c3ccccc3)n2)cc(C(C)(C)C)c1. The van der Waals surface area contributed by atoms with E-state index in [4.69, 9.17) is 14.8 Å². The Labute approximate surface area is 369 Å². The molecule has 0 atom stereocenters. The van der Waals surface area contributed by atoms with Gasteiger partial charge >= 0.3 is 0 Å². The Bertz CT molecular complexity index is 2900. The summed E-state index contributed by atoms with van der Waals surface area (Å²) >= 11 is 0. The molecule has 0 unspecified atom stereocenters. The van der Waals surface area contributed by atoms with Crippen molar-refractivity contribution in [1.82, 2.24) is 19.2 Å². The Morgan fingerprint density at radius 2 is 1.13 bits per heavy atom. The van der Waals surface area contributed by atoms with Gasteiger partial charge in [-0.2, -0.15) is 4.68 Å². The second kappa shape index (κ2) is 15.1. The fourth-order valence-corrected chi connectivity index (χ4v) is 8.19. The first-order valence-corrected chi connectivity index (χ1v) is 22.0. The molecule has 0 N–H and O–H groups in total. The van der Waals surface area contributed by atoms with Crippen molar-refractivity contribution < 1.29 is 9.42 Å². The van der Waals surface area contributed by atoms with E-state index in [0.29, 0.717) is 5.75 Å². The molecule has 3 aromatic heterocycles. The summed E-state index contributed by atoms with van der Waals surface area (Å²) in [5, 5.41) is 7.73. The number of nitrogens with zero attached hydrogens (tertiary/aromatic N) is 5. The van der Waals surface area contributed by atoms with E-state index in [9.17, 15) is 0 Å². The minimum Gasteiger partial charge on any atom is -0.458 e. The highest BCUT2D eigenvalue weighted by Gasteiger charge is 2.32. The number of hydrogen-bond acceptors (Lipinski definition) is 3. The van der Waals surface area contributed by atoms with Gasteiger partial charge in [0.15, 0.2) is 5.82 Å². The summed E-state index contributed by atoms with van der Waals surface area (Å²) in [6.07, 6.45) is 5.62. The van der Waals surface area contributed by atoms with Crippen molar-refractivity contribution in [3.05, 3.63) is 167 Å². The minimum absolute atomic E-state index is 0.00895. The molecule has 5 aromatic carbocycles. The third-order valence-corrected chi connectivity index (χ3v) is 12.3. The van der Waals surface area contributed by atoms with Crippen molar-refractivity contribution in [2.75, 3.05) is 0 Å². The van der Waals surface area contributed by atoms with Crippen molar-refractivity contribution in [1.29, 1.82) is 0 Å². The average Bonchev–Trinajstić information content (AvgIpc) is 3.80. The highest BCUT2D eigenvalue weighted by Crippen LogP contribution is 2.39. The first-order chi connectivity index (χ1) is 29.0. The maximum Gasteiger partial charge on any atom is 0.273 e. The summed E-state index contributed by atoms with van der Waals surface area (Å²) < 4.78 is 13.1. The second-order valence-electron chi connectivity index (χ2n) is 21.7. The van der Waals surface area contributed by atoms with Gasteiger partial charge in [-0.3, -0.25) is 9.13 Å². The van der Waals surface area contributed by atoms with E-state index < -0.39 is 5.41 Å². The molecule has 8 aromatic rings. The second-order valence-corrected chi connectivity index (χ2v) is 21.7. The van der Waals surface area contributed by atoms with Gasteiger partial charge in [0.05, 0.1) is 22.4 Å². The van der Waals surface area contributed by atoms with Gasteiger partial charge in [0.1, 0.15) is 17.3 Å². The molecular weight excluding hydrogens is 759 g/mol. The average molecular weight is 822 g/mol. The molecule has 0 fully saturated rings. The largest absolute Gasteiger partial charge is 0.458 e. The monoisotopic (exact) mass is 822 g/mol. The molecular formula is C56H63N5O. The Morgan fingerprint density at radius 1 is 0.500 bits per heavy atom. The molecule has 318 valence electrons. The van der Waals surface area contributed by atoms with E-state index in [1.807, 2.05) is 23.0 Å². The third kappa shape index (κ3) is 8.20. The number of rotatable bonds is 7. The van der Waals surface area contributed by atoms with Crippen molar-refractivity contribution in [3.63, 3.8) is 0 Å². The van der Waals surface area contributed by atoms with Crippen molar-refractivity contribution >= 4 is 21.8 Å². The van der Waals surface area contributed by atoms with Crippen LogP contribution in [0.15, 0.2) is 128 Å². The van der Waals surface area contributed by atoms with Gasteiger partial charge in [0.2, 0.25) is 0 Å². The first kappa shape index (κ1) is 42.7. The normalized spacial score (nSPS) is 13.0. The molecule has 0 amide bonds. The predicted octanol–water partition coefficient (Wildman–Crippen LogP) is 13.7. The van der Waals surface area contributed by atoms with Crippen molar-refractivity contribution in [3.8, 4) is 28.7 Å². The van der Waals surface area contributed by atoms with Crippen molar-refractivity contribution in [2.24, 2.45) is 0 Å². The predicted molar refractivity (Wildman–Crippen MR) is 256 cm³/mol. The van der Waals surface area contributed by atoms with Crippen LogP contribution in [0.5, 0.6) is 11.5 Å². The van der Waals surface area contributed by atoms with Crippen LogP contribution in [-0.4, -0.2) is 19.2 Å². The van der Waals surface area contributed by atoms with Gasteiger partial charge in [0.25, 0.3) is 6.33 Å². The molecule has 6 nitrogen and oxygen atoms in total. The molecule has 0 aliphatic carbocycles. The Morgan fingerprint density at radius 3 is 1.77 bits per heavy atom. The van der Waals surface area contributed by atoms with Gasteiger partial charge in [-0.25, -0.2) is 4.98 Å². The summed E-state index contributed by atoms with van der Waals surface area (Å²) in [7, 11) is 0. The van der Waals surface area contributed by atoms with Crippen LogP contribution in [0.3, 0.4) is 0 Å². The molecule has 3 heterocycles. The highest BCUT2D eigenvalue weighted by molar-refractivity contribution is 6.09. The molecule has 0 aliphatic heterocycles. The van der Waals surface area contributed by atoms with Crippen LogP contribution in [0.4, 0.5) is 0 Å². The van der Waals surface area contributed by atoms with Crippen LogP contribution in [0.25, 0.3) is 39.0 Å². The lowest BCUT2D eigenvalue weighted by Crippen LogP contribution is -2.35. The standard InChI is InChI=1S/C56H63N5O/c1-52(2,3)38-23-26-48-47(32-38)46-25-24-45(35-49(46)61(48)50-33-39(27-28-57-50)53(4,5)6)62-44-22-18-21-42(34-44)59-36-60(58-51(59)56(13,14)37-19-16-15-17-20-37)43-30-40(54(7,8)9)29-41(31-43)55(10,11)12/h15-35H,1-14H3. The quantitative estimate of drug-likeness (QED) is 0.119. The summed E-state index contributed by atoms with van der Waals surface area (Å²) in [6, 6.07) is 43.3. The Kier molecular flexibility index (Phi) is 10.4. The lowest BCUT2D eigenvalue weighted by atomic mass is 9.80. The first-order valence-electron chi connectivity index (χ1n) is 22.0. The fourth-order valence-electron chi connectivity index (χ4n) is 8.19. The lowest BCUT2D eigenvalue weighted by molar-refractivity contribution is -0.662. The van der Waals surface area contributed by atoms with Crippen LogP contribution < -0.4 is 9.42 Å². The molecule has 0 bridgehead atoms. The number of ether oxygens (including phenoxy) is 1. The summed E-state index contributed by atoms with van der Waals surface area (Å²) in [5.74, 6) is 3.21. The molecule has 0 radical (unpaired) electrons. The van der Waals surface area contributed by atoms with Crippen LogP contribution in [0, 0.1) is 6.33 Å². The third-order valence-electron chi connectivity index (χ3n) is 12.3. The number of fused-ring (bicyclic) bond motifs is 3. The van der Waals surface area contributed by atoms with Crippen LogP contribution >= 0.6 is 0 Å². The molecule has 8 rings (SSSR count). The van der Waals surface area contributed by atoms with E-state index in [0.717, 1.165) is 45.2 Å². The van der Waals surface area contributed by atoms with Gasteiger partial charge in [-0.1, -0.05) is 164 Å². The van der Waals surface area contributed by atoms with E-state index in [1.165, 1.54) is 33.2 Å². The number of aromatic nitrogens is 5. The summed E-state index contributed by atoms with van der Waals surface area (Å²) in [5.41, 5.74) is 9.70. The van der Waals surface area contributed by atoms with Gasteiger partial charge in [-0.05, 0) is 98.0 Å².